The number of aromatic nitrogens is 2. The molecule has 1 aromatic heterocycles. The van der Waals surface area contributed by atoms with E-state index in [-0.39, 0.29) is 17.2 Å². The van der Waals surface area contributed by atoms with Crippen LogP contribution in [0.25, 0.3) is 0 Å². The Hall–Kier alpha value is -3.00. The molecule has 1 fully saturated rings. The molecule has 2 aromatic rings. The number of amides is 2. The monoisotopic (exact) mass is 341 g/mol. The maximum atomic E-state index is 12.5. The second kappa shape index (κ2) is 7.27. The first-order valence-electron chi connectivity index (χ1n) is 7.98. The first-order chi connectivity index (χ1) is 12.0. The molecule has 2 N–H and O–H groups in total. The Labute approximate surface area is 144 Å². The lowest BCUT2D eigenvalue weighted by atomic mass is 10.1. The maximum absolute atomic E-state index is 12.5. The zero-order valence-corrected chi connectivity index (χ0v) is 13.9. The zero-order chi connectivity index (χ0) is 17.8. The highest BCUT2D eigenvalue weighted by atomic mass is 16.2. The molecule has 1 aliphatic rings. The number of hydrogen-bond donors (Lipinski definition) is 2. The van der Waals surface area contributed by atoms with Crippen molar-refractivity contribution in [3.63, 3.8) is 0 Å². The van der Waals surface area contributed by atoms with Crippen molar-refractivity contribution in [2.24, 2.45) is 0 Å². The molecule has 0 aliphatic carbocycles. The van der Waals surface area contributed by atoms with Gasteiger partial charge in [-0.05, 0) is 37.4 Å². The van der Waals surface area contributed by atoms with Crippen molar-refractivity contribution in [2.75, 3.05) is 38.5 Å². The average Bonchev–Trinajstić information content (AvgIpc) is 2.63. The summed E-state index contributed by atoms with van der Waals surface area (Å²) in [5.74, 6) is -0.442. The van der Waals surface area contributed by atoms with Crippen LogP contribution in [0.15, 0.2) is 41.2 Å². The van der Waals surface area contributed by atoms with Gasteiger partial charge in [0.2, 0.25) is 0 Å². The van der Waals surface area contributed by atoms with Crippen LogP contribution >= 0.6 is 0 Å². The van der Waals surface area contributed by atoms with E-state index in [0.717, 1.165) is 13.1 Å². The molecular weight excluding hydrogens is 322 g/mol. The predicted molar refractivity (Wildman–Crippen MR) is 92.7 cm³/mol. The summed E-state index contributed by atoms with van der Waals surface area (Å²) in [6.07, 6.45) is 0. The van der Waals surface area contributed by atoms with Crippen molar-refractivity contribution in [1.29, 1.82) is 0 Å². The van der Waals surface area contributed by atoms with Gasteiger partial charge in [0.15, 0.2) is 0 Å². The fraction of sp³-hybridized carbons (Fsp3) is 0.294. The van der Waals surface area contributed by atoms with Crippen LogP contribution in [0, 0.1) is 0 Å². The number of nitrogens with zero attached hydrogens (tertiary/aromatic N) is 3. The maximum Gasteiger partial charge on any atom is 0.276 e. The van der Waals surface area contributed by atoms with Crippen LogP contribution < -0.4 is 10.9 Å². The van der Waals surface area contributed by atoms with Crippen molar-refractivity contribution < 1.29 is 9.59 Å². The summed E-state index contributed by atoms with van der Waals surface area (Å²) < 4.78 is 0. The molecule has 2 heterocycles. The second-order valence-corrected chi connectivity index (χ2v) is 5.93. The first kappa shape index (κ1) is 16.8. The number of piperazine rings is 1. The Morgan fingerprint density at radius 2 is 1.72 bits per heavy atom. The minimum absolute atomic E-state index is 0.00622. The van der Waals surface area contributed by atoms with Crippen LogP contribution in [0.1, 0.15) is 20.8 Å². The number of carbonyl (C=O) groups excluding carboxylic acids is 2. The van der Waals surface area contributed by atoms with Gasteiger partial charge in [0, 0.05) is 43.5 Å². The lowest BCUT2D eigenvalue weighted by molar-refractivity contribution is 0.0664. The van der Waals surface area contributed by atoms with Crippen LogP contribution in [-0.4, -0.2) is 65.0 Å². The van der Waals surface area contributed by atoms with Gasteiger partial charge in [0.25, 0.3) is 17.4 Å². The second-order valence-electron chi connectivity index (χ2n) is 5.93. The summed E-state index contributed by atoms with van der Waals surface area (Å²) in [5.41, 5.74) is 0.873. The smallest absolute Gasteiger partial charge is 0.276 e. The molecule has 0 atom stereocenters. The fourth-order valence-corrected chi connectivity index (χ4v) is 2.55. The van der Waals surface area contributed by atoms with E-state index in [9.17, 15) is 14.4 Å². The van der Waals surface area contributed by atoms with Crippen molar-refractivity contribution >= 4 is 17.5 Å². The first-order valence-corrected chi connectivity index (χ1v) is 7.98. The highest BCUT2D eigenvalue weighted by Gasteiger charge is 2.20. The third kappa shape index (κ3) is 4.10. The number of hydrogen-bond acceptors (Lipinski definition) is 5. The van der Waals surface area contributed by atoms with Gasteiger partial charge in [-0.2, -0.15) is 5.10 Å². The van der Waals surface area contributed by atoms with Gasteiger partial charge in [-0.15, -0.1) is 0 Å². The predicted octanol–water partition coefficient (Wildman–Crippen LogP) is 0.410. The van der Waals surface area contributed by atoms with Crippen LogP contribution in [0.2, 0.25) is 0 Å². The molecule has 0 saturated carbocycles. The summed E-state index contributed by atoms with van der Waals surface area (Å²) >= 11 is 0. The molecular formula is C17H19N5O3. The van der Waals surface area contributed by atoms with Gasteiger partial charge in [-0.25, -0.2) is 5.10 Å². The number of carbonyl (C=O) groups is 2. The summed E-state index contributed by atoms with van der Waals surface area (Å²) in [6.45, 7) is 3.16. The summed E-state index contributed by atoms with van der Waals surface area (Å²) in [5, 5.41) is 8.56. The summed E-state index contributed by atoms with van der Waals surface area (Å²) in [7, 11) is 2.04. The van der Waals surface area contributed by atoms with Crippen LogP contribution in [0.5, 0.6) is 0 Å². The molecule has 130 valence electrons. The van der Waals surface area contributed by atoms with Gasteiger partial charge < -0.3 is 15.1 Å². The van der Waals surface area contributed by atoms with Crippen molar-refractivity contribution in [3.8, 4) is 0 Å². The van der Waals surface area contributed by atoms with Gasteiger partial charge in [0.05, 0.1) is 0 Å². The summed E-state index contributed by atoms with van der Waals surface area (Å²) in [4.78, 5) is 39.5. The van der Waals surface area contributed by atoms with Gasteiger partial charge in [-0.1, -0.05) is 0 Å². The van der Waals surface area contributed by atoms with E-state index < -0.39 is 5.91 Å². The molecule has 8 heteroatoms. The molecule has 0 bridgehead atoms. The molecule has 0 spiro atoms. The molecule has 0 radical (unpaired) electrons. The number of anilines is 1. The number of H-pyrrole nitrogens is 1. The van der Waals surface area contributed by atoms with Crippen molar-refractivity contribution in [1.82, 2.24) is 20.0 Å². The molecule has 3 rings (SSSR count). The van der Waals surface area contributed by atoms with E-state index in [0.29, 0.717) is 24.3 Å². The SMILES string of the molecule is CN1CCN(C(=O)c2ccc(NC(=O)c3ccc(=O)[nH]n3)cc2)CC1. The quantitative estimate of drug-likeness (QED) is 0.843. The molecule has 0 unspecified atom stereocenters. The third-order valence-electron chi connectivity index (χ3n) is 4.09. The molecule has 1 aliphatic heterocycles. The van der Waals surface area contributed by atoms with E-state index in [4.69, 9.17) is 0 Å². The minimum atomic E-state index is -0.436. The lowest BCUT2D eigenvalue weighted by Crippen LogP contribution is -2.47. The Morgan fingerprint density at radius 1 is 1.04 bits per heavy atom. The van der Waals surface area contributed by atoms with Gasteiger partial charge in [-0.3, -0.25) is 14.4 Å². The number of aromatic amines is 1. The van der Waals surface area contributed by atoms with E-state index in [1.807, 2.05) is 11.9 Å². The Morgan fingerprint density at radius 3 is 2.32 bits per heavy atom. The Bertz CT molecular complexity index is 802. The molecule has 1 aromatic carbocycles. The number of nitrogens with one attached hydrogen (secondary N) is 2. The fourth-order valence-electron chi connectivity index (χ4n) is 2.55. The van der Waals surface area contributed by atoms with Crippen LogP contribution in [0.3, 0.4) is 0 Å². The molecule has 1 saturated heterocycles. The average molecular weight is 341 g/mol. The van der Waals surface area contributed by atoms with Crippen molar-refractivity contribution in [2.45, 2.75) is 0 Å². The third-order valence-corrected chi connectivity index (χ3v) is 4.09. The van der Waals surface area contributed by atoms with E-state index >= 15 is 0 Å². The molecule has 8 nitrogen and oxygen atoms in total. The van der Waals surface area contributed by atoms with Gasteiger partial charge >= 0.3 is 0 Å². The number of rotatable bonds is 3. The van der Waals surface area contributed by atoms with E-state index in [1.54, 1.807) is 24.3 Å². The van der Waals surface area contributed by atoms with Gasteiger partial charge in [0.1, 0.15) is 5.69 Å². The van der Waals surface area contributed by atoms with Crippen molar-refractivity contribution in [3.05, 3.63) is 58.0 Å². The Kier molecular flexibility index (Phi) is 4.90. The van der Waals surface area contributed by atoms with Crippen LogP contribution in [0.4, 0.5) is 5.69 Å². The summed E-state index contributed by atoms with van der Waals surface area (Å²) in [6, 6.07) is 9.31. The highest BCUT2D eigenvalue weighted by Crippen LogP contribution is 2.13. The number of likely N-dealkylation sites (N-methyl/N-ethyl adjacent to an activating group) is 1. The lowest BCUT2D eigenvalue weighted by Gasteiger charge is -2.32. The van der Waals surface area contributed by atoms with E-state index in [1.165, 1.54) is 12.1 Å². The Balaban J connectivity index is 1.63. The zero-order valence-electron chi connectivity index (χ0n) is 13.9. The highest BCUT2D eigenvalue weighted by molar-refractivity contribution is 6.03. The molecule has 25 heavy (non-hydrogen) atoms. The molecule has 2 amide bonds. The number of benzene rings is 1. The largest absolute Gasteiger partial charge is 0.336 e. The normalized spacial score (nSPS) is 15.0. The van der Waals surface area contributed by atoms with Crippen LogP contribution in [-0.2, 0) is 0 Å². The topological polar surface area (TPSA) is 98.4 Å². The van der Waals surface area contributed by atoms with E-state index in [2.05, 4.69) is 20.4 Å². The standard InChI is InChI=1S/C17H19N5O3/c1-21-8-10-22(11-9-21)17(25)12-2-4-13(5-3-12)18-16(24)14-6-7-15(23)20-19-14/h2-7H,8-11H2,1H3,(H,18,24)(H,20,23). The minimum Gasteiger partial charge on any atom is -0.336 e.